The van der Waals surface area contributed by atoms with Crippen LogP contribution in [0.4, 0.5) is 4.39 Å². The van der Waals surface area contributed by atoms with Crippen molar-refractivity contribution in [3.05, 3.63) is 35.6 Å². The number of likely N-dealkylation sites (tertiary alicyclic amines) is 2. The van der Waals surface area contributed by atoms with Gasteiger partial charge in [-0.2, -0.15) is 0 Å². The van der Waals surface area contributed by atoms with Gasteiger partial charge in [0.05, 0.1) is 0 Å². The van der Waals surface area contributed by atoms with E-state index in [4.69, 9.17) is 0 Å². The van der Waals surface area contributed by atoms with Crippen molar-refractivity contribution in [2.24, 2.45) is 0 Å². The summed E-state index contributed by atoms with van der Waals surface area (Å²) < 4.78 is 12.9. The van der Waals surface area contributed by atoms with Crippen LogP contribution in [0.3, 0.4) is 0 Å². The van der Waals surface area contributed by atoms with E-state index < -0.39 is 0 Å². The smallest absolute Gasteiger partial charge is 0.222 e. The highest BCUT2D eigenvalue weighted by Gasteiger charge is 2.31. The van der Waals surface area contributed by atoms with Gasteiger partial charge in [-0.3, -0.25) is 9.59 Å². The highest BCUT2D eigenvalue weighted by Crippen LogP contribution is 2.21. The molecule has 1 aromatic carbocycles. The fourth-order valence-corrected chi connectivity index (χ4v) is 3.58. The van der Waals surface area contributed by atoms with Crippen molar-refractivity contribution < 1.29 is 14.0 Å². The molecule has 2 heterocycles. The lowest BCUT2D eigenvalue weighted by atomic mass is 10.0. The number of Topliss-reactive ketones (excluding diaryl/α,β-unsaturated/α-hetero) is 1. The van der Waals surface area contributed by atoms with E-state index in [0.717, 1.165) is 38.9 Å². The molecular formula is C18H23FN2O2. The first-order chi connectivity index (χ1) is 11.1. The maximum absolute atomic E-state index is 12.9. The lowest BCUT2D eigenvalue weighted by Crippen LogP contribution is -2.48. The maximum atomic E-state index is 12.9. The summed E-state index contributed by atoms with van der Waals surface area (Å²) in [6, 6.07) is 6.03. The number of amides is 1. The van der Waals surface area contributed by atoms with Crippen LogP contribution in [0, 0.1) is 5.82 Å². The SMILES string of the molecule is O=C(CCN1CCCC(N2CCCC2=O)C1)c1ccc(F)cc1. The summed E-state index contributed by atoms with van der Waals surface area (Å²) in [5, 5.41) is 0. The second-order valence-electron chi connectivity index (χ2n) is 6.47. The molecule has 2 saturated heterocycles. The quantitative estimate of drug-likeness (QED) is 0.783. The molecule has 2 fully saturated rings. The van der Waals surface area contributed by atoms with Crippen molar-refractivity contribution in [2.75, 3.05) is 26.2 Å². The third-order valence-corrected chi connectivity index (χ3v) is 4.85. The van der Waals surface area contributed by atoms with Gasteiger partial charge in [0.1, 0.15) is 5.82 Å². The van der Waals surface area contributed by atoms with Crippen LogP contribution in [0.2, 0.25) is 0 Å². The molecule has 4 nitrogen and oxygen atoms in total. The molecule has 0 spiro atoms. The minimum Gasteiger partial charge on any atom is -0.338 e. The second kappa shape index (κ2) is 7.21. The Labute approximate surface area is 136 Å². The Morgan fingerprint density at radius 3 is 2.65 bits per heavy atom. The molecule has 1 atom stereocenters. The molecule has 1 amide bonds. The van der Waals surface area contributed by atoms with Gasteiger partial charge in [0, 0.05) is 44.1 Å². The summed E-state index contributed by atoms with van der Waals surface area (Å²) in [5.41, 5.74) is 0.565. The van der Waals surface area contributed by atoms with Gasteiger partial charge in [0.2, 0.25) is 5.91 Å². The first-order valence-electron chi connectivity index (χ1n) is 8.44. The molecule has 0 N–H and O–H groups in total. The Bertz CT molecular complexity index is 573. The van der Waals surface area contributed by atoms with Crippen molar-refractivity contribution in [3.8, 4) is 0 Å². The Hall–Kier alpha value is -1.75. The van der Waals surface area contributed by atoms with Gasteiger partial charge in [0.15, 0.2) is 5.78 Å². The number of halogens is 1. The van der Waals surface area contributed by atoms with Gasteiger partial charge in [-0.25, -0.2) is 4.39 Å². The summed E-state index contributed by atoms with van der Waals surface area (Å²) in [6.07, 6.45) is 4.22. The first kappa shape index (κ1) is 16.1. The first-order valence-corrected chi connectivity index (χ1v) is 8.44. The molecule has 124 valence electrons. The fraction of sp³-hybridized carbons (Fsp3) is 0.556. The second-order valence-corrected chi connectivity index (χ2v) is 6.47. The van der Waals surface area contributed by atoms with E-state index in [9.17, 15) is 14.0 Å². The van der Waals surface area contributed by atoms with E-state index in [1.807, 2.05) is 4.90 Å². The molecule has 23 heavy (non-hydrogen) atoms. The minimum atomic E-state index is -0.323. The topological polar surface area (TPSA) is 40.6 Å². The number of carbonyl (C=O) groups is 2. The van der Waals surface area contributed by atoms with Gasteiger partial charge in [-0.15, -0.1) is 0 Å². The van der Waals surface area contributed by atoms with Crippen LogP contribution >= 0.6 is 0 Å². The van der Waals surface area contributed by atoms with Crippen molar-refractivity contribution in [1.29, 1.82) is 0 Å². The van der Waals surface area contributed by atoms with E-state index in [-0.39, 0.29) is 17.5 Å². The average molecular weight is 318 g/mol. The Morgan fingerprint density at radius 1 is 1.17 bits per heavy atom. The van der Waals surface area contributed by atoms with Crippen molar-refractivity contribution in [2.45, 2.75) is 38.1 Å². The number of carbonyl (C=O) groups excluding carboxylic acids is 2. The number of rotatable bonds is 5. The summed E-state index contributed by atoms with van der Waals surface area (Å²) in [5.74, 6) is -0.000636. The molecule has 5 heteroatoms. The molecule has 0 saturated carbocycles. The Balaban J connectivity index is 1.50. The molecule has 0 radical (unpaired) electrons. The van der Waals surface area contributed by atoms with Gasteiger partial charge in [-0.05, 0) is 50.1 Å². The van der Waals surface area contributed by atoms with Crippen LogP contribution in [0.15, 0.2) is 24.3 Å². The van der Waals surface area contributed by atoms with E-state index >= 15 is 0 Å². The Kier molecular flexibility index (Phi) is 5.06. The van der Waals surface area contributed by atoms with Crippen LogP contribution < -0.4 is 0 Å². The van der Waals surface area contributed by atoms with Crippen LogP contribution in [0.5, 0.6) is 0 Å². The summed E-state index contributed by atoms with van der Waals surface area (Å²) >= 11 is 0. The zero-order valence-corrected chi connectivity index (χ0v) is 13.3. The lowest BCUT2D eigenvalue weighted by molar-refractivity contribution is -0.130. The maximum Gasteiger partial charge on any atom is 0.222 e. The third kappa shape index (κ3) is 3.96. The molecule has 1 unspecified atom stereocenters. The zero-order chi connectivity index (χ0) is 16.2. The average Bonchev–Trinajstić information content (AvgIpc) is 3.00. The molecular weight excluding hydrogens is 295 g/mol. The van der Waals surface area contributed by atoms with Crippen LogP contribution in [0.1, 0.15) is 42.5 Å². The monoisotopic (exact) mass is 318 g/mol. The molecule has 2 aliphatic heterocycles. The van der Waals surface area contributed by atoms with Crippen LogP contribution in [0.25, 0.3) is 0 Å². The number of nitrogens with zero attached hydrogens (tertiary/aromatic N) is 2. The number of piperidine rings is 1. The highest BCUT2D eigenvalue weighted by molar-refractivity contribution is 5.96. The van der Waals surface area contributed by atoms with Gasteiger partial charge < -0.3 is 9.80 Å². The van der Waals surface area contributed by atoms with Gasteiger partial charge in [0.25, 0.3) is 0 Å². The third-order valence-electron chi connectivity index (χ3n) is 4.85. The number of hydrogen-bond acceptors (Lipinski definition) is 3. The molecule has 0 aromatic heterocycles. The number of ketones is 1. The predicted octanol–water partition coefficient (Wildman–Crippen LogP) is 2.49. The van der Waals surface area contributed by atoms with E-state index in [0.29, 0.717) is 31.0 Å². The predicted molar refractivity (Wildman–Crippen MR) is 85.8 cm³/mol. The van der Waals surface area contributed by atoms with Gasteiger partial charge in [-0.1, -0.05) is 0 Å². The highest BCUT2D eigenvalue weighted by atomic mass is 19.1. The van der Waals surface area contributed by atoms with Crippen LogP contribution in [-0.4, -0.2) is 53.7 Å². The van der Waals surface area contributed by atoms with Crippen molar-refractivity contribution in [3.63, 3.8) is 0 Å². The van der Waals surface area contributed by atoms with Crippen molar-refractivity contribution in [1.82, 2.24) is 9.80 Å². The van der Waals surface area contributed by atoms with Gasteiger partial charge >= 0.3 is 0 Å². The number of benzene rings is 1. The standard InChI is InChI=1S/C18H23FN2O2/c19-15-7-5-14(6-8-15)17(22)9-12-20-10-1-3-16(13-20)21-11-2-4-18(21)23/h5-8,16H,1-4,9-13H2. The fourth-order valence-electron chi connectivity index (χ4n) is 3.58. The molecule has 0 bridgehead atoms. The largest absolute Gasteiger partial charge is 0.338 e. The van der Waals surface area contributed by atoms with Crippen LogP contribution in [-0.2, 0) is 4.79 Å². The minimum absolute atomic E-state index is 0.0457. The zero-order valence-electron chi connectivity index (χ0n) is 13.3. The lowest BCUT2D eigenvalue weighted by Gasteiger charge is -2.37. The molecule has 3 rings (SSSR count). The molecule has 0 aliphatic carbocycles. The summed E-state index contributed by atoms with van der Waals surface area (Å²) in [6.45, 7) is 3.43. The Morgan fingerprint density at radius 2 is 1.96 bits per heavy atom. The molecule has 1 aromatic rings. The van der Waals surface area contributed by atoms with E-state index in [2.05, 4.69) is 4.90 Å². The number of hydrogen-bond donors (Lipinski definition) is 0. The summed E-state index contributed by atoms with van der Waals surface area (Å²) in [4.78, 5) is 28.4. The van der Waals surface area contributed by atoms with E-state index in [1.54, 1.807) is 12.1 Å². The van der Waals surface area contributed by atoms with E-state index in [1.165, 1.54) is 12.1 Å². The molecule has 2 aliphatic rings. The normalized spacial score (nSPS) is 22.6. The van der Waals surface area contributed by atoms with Crippen molar-refractivity contribution >= 4 is 11.7 Å². The summed E-state index contributed by atoms with van der Waals surface area (Å²) in [7, 11) is 0.